The van der Waals surface area contributed by atoms with Gasteiger partial charge in [0.2, 0.25) is 0 Å². The van der Waals surface area contributed by atoms with E-state index < -0.39 is 35.8 Å². The zero-order valence-electron chi connectivity index (χ0n) is 25.1. The van der Waals surface area contributed by atoms with Crippen LogP contribution >= 0.6 is 0 Å². The van der Waals surface area contributed by atoms with Gasteiger partial charge in [-0.2, -0.15) is 0 Å². The lowest BCUT2D eigenvalue weighted by atomic mass is 9.96. The second-order valence-corrected chi connectivity index (χ2v) is 10.6. The lowest BCUT2D eigenvalue weighted by molar-refractivity contribution is 0.00408. The highest BCUT2D eigenvalue weighted by molar-refractivity contribution is 6.00. The van der Waals surface area contributed by atoms with Crippen LogP contribution in [0.4, 0.5) is 14.5 Å². The number of rotatable bonds is 15. The molecule has 3 atom stereocenters. The smallest absolute Gasteiger partial charge is 0.253 e. The summed E-state index contributed by atoms with van der Waals surface area (Å²) in [6.45, 7) is 6.83. The van der Waals surface area contributed by atoms with Crippen molar-refractivity contribution in [2.75, 3.05) is 32.1 Å². The number of benzene rings is 3. The van der Waals surface area contributed by atoms with Crippen LogP contribution in [0, 0.1) is 18.6 Å². The van der Waals surface area contributed by atoms with Gasteiger partial charge in [-0.1, -0.05) is 19.9 Å². The lowest BCUT2D eigenvalue weighted by Crippen LogP contribution is -2.51. The minimum atomic E-state index is -1.52. The Kier molecular flexibility index (Phi) is 12.5. The maximum atomic E-state index is 14.0. The van der Waals surface area contributed by atoms with Gasteiger partial charge in [0.25, 0.3) is 11.8 Å². The van der Waals surface area contributed by atoms with Crippen LogP contribution in [0.1, 0.15) is 58.5 Å². The molecule has 0 spiro atoms. The Morgan fingerprint density at radius 1 is 0.930 bits per heavy atom. The molecule has 0 heterocycles. The van der Waals surface area contributed by atoms with Crippen molar-refractivity contribution >= 4 is 17.5 Å². The van der Waals surface area contributed by atoms with Gasteiger partial charge in [-0.3, -0.25) is 9.59 Å². The molecule has 0 aliphatic heterocycles. The highest BCUT2D eigenvalue weighted by Gasteiger charge is 2.29. The third-order valence-electron chi connectivity index (χ3n) is 6.95. The summed E-state index contributed by atoms with van der Waals surface area (Å²) in [4.78, 5) is 28.5. The van der Waals surface area contributed by atoms with Crippen LogP contribution in [0.5, 0.6) is 5.75 Å². The zero-order valence-corrected chi connectivity index (χ0v) is 25.1. The van der Waals surface area contributed by atoms with Gasteiger partial charge < -0.3 is 30.5 Å². The largest absolute Gasteiger partial charge is 0.497 e. The van der Waals surface area contributed by atoms with Crippen LogP contribution < -0.4 is 15.4 Å². The first-order valence-electron chi connectivity index (χ1n) is 14.4. The fourth-order valence-corrected chi connectivity index (χ4v) is 4.91. The molecule has 8 nitrogen and oxygen atoms in total. The number of hydrogen-bond acceptors (Lipinski definition) is 6. The Hall–Kier alpha value is -4.02. The lowest BCUT2D eigenvalue weighted by Gasteiger charge is -2.28. The molecule has 0 fully saturated rings. The molecule has 3 aromatic carbocycles. The van der Waals surface area contributed by atoms with Gasteiger partial charge in [0.05, 0.1) is 19.3 Å². The van der Waals surface area contributed by atoms with Crippen LogP contribution in [0.15, 0.2) is 60.7 Å². The van der Waals surface area contributed by atoms with Gasteiger partial charge in [0.1, 0.15) is 23.5 Å². The second kappa shape index (κ2) is 16.0. The van der Waals surface area contributed by atoms with E-state index in [-0.39, 0.29) is 30.0 Å². The highest BCUT2D eigenvalue weighted by Crippen LogP contribution is 2.19. The number of ether oxygens (including phenoxy) is 1. The molecule has 0 unspecified atom stereocenters. The summed E-state index contributed by atoms with van der Waals surface area (Å²) in [6, 6.07) is 13.6. The molecule has 0 saturated heterocycles. The molecule has 0 radical (unpaired) electrons. The van der Waals surface area contributed by atoms with Crippen molar-refractivity contribution in [1.82, 2.24) is 10.2 Å². The molecule has 0 bridgehead atoms. The van der Waals surface area contributed by atoms with Crippen LogP contribution in [-0.4, -0.2) is 71.9 Å². The first-order chi connectivity index (χ1) is 20.5. The van der Waals surface area contributed by atoms with Gasteiger partial charge in [0.15, 0.2) is 0 Å². The predicted molar refractivity (Wildman–Crippen MR) is 162 cm³/mol. The quantitative estimate of drug-likeness (QED) is 0.202. The highest BCUT2D eigenvalue weighted by atomic mass is 19.1. The maximum Gasteiger partial charge on any atom is 0.253 e. The van der Waals surface area contributed by atoms with Crippen molar-refractivity contribution in [2.24, 2.45) is 0 Å². The number of halogens is 2. The van der Waals surface area contributed by atoms with E-state index in [1.54, 1.807) is 48.2 Å². The number of carbonyl (C=O) groups is 2. The van der Waals surface area contributed by atoms with E-state index in [0.29, 0.717) is 35.7 Å². The van der Waals surface area contributed by atoms with Gasteiger partial charge in [-0.15, -0.1) is 0 Å². The average Bonchev–Trinajstić information content (AvgIpc) is 2.97. The van der Waals surface area contributed by atoms with E-state index in [1.165, 1.54) is 13.2 Å². The number of nitrogens with zero attached hydrogens (tertiary/aromatic N) is 1. The average molecular weight is 598 g/mol. The number of methoxy groups -OCH3 is 1. The Bertz CT molecular complexity index is 1360. The maximum absolute atomic E-state index is 14.0. The summed E-state index contributed by atoms with van der Waals surface area (Å²) in [6.07, 6.45) is -1.48. The summed E-state index contributed by atoms with van der Waals surface area (Å²) >= 11 is 0. The first-order valence-corrected chi connectivity index (χ1v) is 14.4. The molecule has 2 amide bonds. The molecule has 232 valence electrons. The van der Waals surface area contributed by atoms with E-state index in [0.717, 1.165) is 31.0 Å². The van der Waals surface area contributed by atoms with Crippen LogP contribution in [-0.2, 0) is 6.42 Å². The van der Waals surface area contributed by atoms with E-state index >= 15 is 0 Å². The molecule has 43 heavy (non-hydrogen) atoms. The number of nitrogens with one attached hydrogen (secondary N) is 2. The monoisotopic (exact) mass is 597 g/mol. The standard InChI is InChI=1S/C33H41F2N3O5/c1-5-10-38(11-6-2)33(42)24-13-21(3)12-23(17-24)32(41)37-29(16-22-14-25(34)18-26(35)15-22)31(40)30(39)20-36-27-8-7-9-28(19-27)43-4/h7-9,12-15,17-19,29-31,36,39-40H,5-6,10-11,16,20H2,1-4H3,(H,37,41)/t29-,30+,31-/m0/s1. The number of anilines is 1. The van der Waals surface area contributed by atoms with Crippen LogP contribution in [0.2, 0.25) is 0 Å². The van der Waals surface area contributed by atoms with Crippen molar-refractivity contribution < 1.29 is 33.3 Å². The SMILES string of the molecule is CCCN(CCC)C(=O)c1cc(C)cc(C(=O)N[C@@H](Cc2cc(F)cc(F)c2)[C@H](O)[C@H](O)CNc2cccc(OC)c2)c1. The molecular weight excluding hydrogens is 556 g/mol. The molecule has 0 aliphatic carbocycles. The first kappa shape index (κ1) is 33.5. The predicted octanol–water partition coefficient (Wildman–Crippen LogP) is 4.72. The van der Waals surface area contributed by atoms with E-state index in [4.69, 9.17) is 4.74 Å². The van der Waals surface area contributed by atoms with Crippen LogP contribution in [0.3, 0.4) is 0 Å². The Morgan fingerprint density at radius 2 is 1.58 bits per heavy atom. The number of hydrogen-bond donors (Lipinski definition) is 4. The van der Waals surface area contributed by atoms with E-state index in [9.17, 15) is 28.6 Å². The molecule has 0 aliphatic rings. The van der Waals surface area contributed by atoms with Crippen molar-refractivity contribution in [1.29, 1.82) is 0 Å². The third-order valence-corrected chi connectivity index (χ3v) is 6.95. The Morgan fingerprint density at radius 3 is 2.21 bits per heavy atom. The van der Waals surface area contributed by atoms with Crippen molar-refractivity contribution in [3.63, 3.8) is 0 Å². The van der Waals surface area contributed by atoms with Gasteiger partial charge in [0, 0.05) is 48.6 Å². The summed E-state index contributed by atoms with van der Waals surface area (Å²) in [5, 5.41) is 27.8. The fourth-order valence-electron chi connectivity index (χ4n) is 4.91. The topological polar surface area (TPSA) is 111 Å². The van der Waals surface area contributed by atoms with Gasteiger partial charge in [-0.25, -0.2) is 8.78 Å². The fraction of sp³-hybridized carbons (Fsp3) is 0.394. The summed E-state index contributed by atoms with van der Waals surface area (Å²) in [5.41, 5.74) is 2.05. The molecule has 10 heteroatoms. The zero-order chi connectivity index (χ0) is 31.5. The molecule has 4 N–H and O–H groups in total. The number of aliphatic hydroxyl groups excluding tert-OH is 2. The van der Waals surface area contributed by atoms with E-state index in [2.05, 4.69) is 10.6 Å². The van der Waals surface area contributed by atoms with E-state index in [1.807, 2.05) is 13.8 Å². The Labute approximate surface area is 251 Å². The van der Waals surface area contributed by atoms with Gasteiger partial charge >= 0.3 is 0 Å². The third kappa shape index (κ3) is 9.76. The Balaban J connectivity index is 1.85. The number of aliphatic hydroxyl groups is 2. The number of aryl methyl sites for hydroxylation is 1. The van der Waals surface area contributed by atoms with Crippen molar-refractivity contribution in [3.8, 4) is 5.75 Å². The minimum Gasteiger partial charge on any atom is -0.497 e. The molecule has 3 aromatic rings. The number of carbonyl (C=O) groups excluding carboxylic acids is 2. The molecule has 0 saturated carbocycles. The van der Waals surface area contributed by atoms with Crippen molar-refractivity contribution in [3.05, 3.63) is 94.6 Å². The van der Waals surface area contributed by atoms with Crippen LogP contribution in [0.25, 0.3) is 0 Å². The van der Waals surface area contributed by atoms with Crippen molar-refractivity contribution in [2.45, 2.75) is 58.3 Å². The van der Waals surface area contributed by atoms with Gasteiger partial charge in [-0.05, 0) is 79.8 Å². The second-order valence-electron chi connectivity index (χ2n) is 10.6. The molecular formula is C33H41F2N3O5. The summed E-state index contributed by atoms with van der Waals surface area (Å²) in [7, 11) is 1.53. The minimum absolute atomic E-state index is 0.0913. The molecule has 0 aromatic heterocycles. The number of amides is 2. The summed E-state index contributed by atoms with van der Waals surface area (Å²) in [5.74, 6) is -1.81. The normalized spacial score (nSPS) is 13.1. The molecule has 3 rings (SSSR count). The summed E-state index contributed by atoms with van der Waals surface area (Å²) < 4.78 is 33.2.